The second kappa shape index (κ2) is 4.86. The fraction of sp³-hybridized carbons (Fsp3) is 0.0625. The monoisotopic (exact) mass is 299 g/mol. The number of oxazole rings is 1. The summed E-state index contributed by atoms with van der Waals surface area (Å²) in [5, 5.41) is 0. The van der Waals surface area contributed by atoms with E-state index >= 15 is 0 Å². The molecule has 3 aromatic rings. The molecule has 0 fully saturated rings. The molecule has 0 aliphatic carbocycles. The molecule has 0 amide bonds. The molecule has 0 bridgehead atoms. The van der Waals surface area contributed by atoms with Crippen molar-refractivity contribution in [1.82, 2.24) is 4.98 Å². The van der Waals surface area contributed by atoms with Crippen molar-refractivity contribution in [2.45, 2.75) is 4.90 Å². The Morgan fingerprint density at radius 1 is 1.14 bits per heavy atom. The van der Waals surface area contributed by atoms with Crippen molar-refractivity contribution in [1.29, 1.82) is 0 Å². The highest BCUT2D eigenvalue weighted by Gasteiger charge is 2.12. The number of hydrogen-bond acceptors (Lipinski definition) is 4. The molecule has 0 saturated heterocycles. The second-order valence-corrected chi connectivity index (χ2v) is 6.76. The summed E-state index contributed by atoms with van der Waals surface area (Å²) in [6.07, 6.45) is 2.93. The molecular formula is C16H13NO3S. The number of fused-ring (bicyclic) bond motifs is 1. The predicted octanol–water partition coefficient (Wildman–Crippen LogP) is 3.54. The van der Waals surface area contributed by atoms with Crippen molar-refractivity contribution in [3.8, 4) is 11.5 Å². The maximum atomic E-state index is 11.6. The Morgan fingerprint density at radius 3 is 2.48 bits per heavy atom. The maximum Gasteiger partial charge on any atom is 0.227 e. The number of nitrogens with zero attached hydrogens (tertiary/aromatic N) is 1. The molecule has 2 aromatic carbocycles. The van der Waals surface area contributed by atoms with Gasteiger partial charge in [0.05, 0.1) is 4.90 Å². The van der Waals surface area contributed by atoms with Crippen molar-refractivity contribution in [2.24, 2.45) is 0 Å². The minimum Gasteiger partial charge on any atom is -0.436 e. The molecule has 0 saturated carbocycles. The Morgan fingerprint density at radius 2 is 1.86 bits per heavy atom. The van der Waals surface area contributed by atoms with Gasteiger partial charge in [0.2, 0.25) is 5.89 Å². The zero-order valence-electron chi connectivity index (χ0n) is 11.4. The van der Waals surface area contributed by atoms with Gasteiger partial charge in [-0.25, -0.2) is 13.4 Å². The molecule has 1 heterocycles. The molecule has 0 unspecified atom stereocenters. The van der Waals surface area contributed by atoms with E-state index in [9.17, 15) is 8.42 Å². The third kappa shape index (κ3) is 2.60. The number of hydrogen-bond donors (Lipinski definition) is 0. The summed E-state index contributed by atoms with van der Waals surface area (Å²) in [6.45, 7) is 3.70. The van der Waals surface area contributed by atoms with Crippen LogP contribution in [0.1, 0.15) is 5.56 Å². The molecule has 106 valence electrons. The molecule has 0 radical (unpaired) electrons. The van der Waals surface area contributed by atoms with Crippen molar-refractivity contribution in [2.75, 3.05) is 6.26 Å². The van der Waals surface area contributed by atoms with Crippen molar-refractivity contribution < 1.29 is 12.8 Å². The van der Waals surface area contributed by atoms with Crippen LogP contribution >= 0.6 is 0 Å². The van der Waals surface area contributed by atoms with Crippen LogP contribution in [0, 0.1) is 0 Å². The van der Waals surface area contributed by atoms with Gasteiger partial charge in [-0.3, -0.25) is 0 Å². The lowest BCUT2D eigenvalue weighted by Gasteiger charge is -1.95. The Balaban J connectivity index is 2.10. The minimum absolute atomic E-state index is 0.233. The second-order valence-electron chi connectivity index (χ2n) is 4.75. The molecule has 4 nitrogen and oxygen atoms in total. The lowest BCUT2D eigenvalue weighted by atomic mass is 10.1. The SMILES string of the molecule is C=Cc1ccc(-c2nc3cc(S(C)(=O)=O)ccc3o2)cc1. The first-order chi connectivity index (χ1) is 9.97. The molecule has 0 spiro atoms. The quantitative estimate of drug-likeness (QED) is 0.742. The molecule has 1 aromatic heterocycles. The van der Waals surface area contributed by atoms with Crippen molar-refractivity contribution in [3.05, 3.63) is 54.6 Å². The van der Waals surface area contributed by atoms with E-state index in [0.29, 0.717) is 17.0 Å². The summed E-state index contributed by atoms with van der Waals surface area (Å²) in [5.74, 6) is 0.464. The number of benzene rings is 2. The average molecular weight is 299 g/mol. The van der Waals surface area contributed by atoms with Gasteiger partial charge >= 0.3 is 0 Å². The van der Waals surface area contributed by atoms with Gasteiger partial charge in [0, 0.05) is 11.8 Å². The van der Waals surface area contributed by atoms with Crippen LogP contribution < -0.4 is 0 Å². The number of aromatic nitrogens is 1. The normalized spacial score (nSPS) is 11.7. The molecule has 21 heavy (non-hydrogen) atoms. The topological polar surface area (TPSA) is 60.2 Å². The van der Waals surface area contributed by atoms with Crippen LogP contribution in [0.25, 0.3) is 28.6 Å². The summed E-state index contributed by atoms with van der Waals surface area (Å²) in [6, 6.07) is 12.3. The van der Waals surface area contributed by atoms with E-state index in [-0.39, 0.29) is 4.90 Å². The predicted molar refractivity (Wildman–Crippen MR) is 82.6 cm³/mol. The highest BCUT2D eigenvalue weighted by atomic mass is 32.2. The van der Waals surface area contributed by atoms with Gasteiger partial charge in [-0.2, -0.15) is 0 Å². The maximum absolute atomic E-state index is 11.6. The largest absolute Gasteiger partial charge is 0.436 e. The van der Waals surface area contributed by atoms with Gasteiger partial charge in [0.25, 0.3) is 0 Å². The zero-order valence-corrected chi connectivity index (χ0v) is 12.2. The van der Waals surface area contributed by atoms with E-state index < -0.39 is 9.84 Å². The smallest absolute Gasteiger partial charge is 0.227 e. The van der Waals surface area contributed by atoms with Crippen LogP contribution in [0.5, 0.6) is 0 Å². The molecular weight excluding hydrogens is 286 g/mol. The summed E-state index contributed by atoms with van der Waals surface area (Å²) >= 11 is 0. The fourth-order valence-electron chi connectivity index (χ4n) is 2.02. The van der Waals surface area contributed by atoms with Crippen LogP contribution in [0.3, 0.4) is 0 Å². The van der Waals surface area contributed by atoms with E-state index in [1.165, 1.54) is 18.4 Å². The van der Waals surface area contributed by atoms with Crippen LogP contribution in [-0.2, 0) is 9.84 Å². The molecule has 0 aliphatic rings. The van der Waals surface area contributed by atoms with E-state index in [0.717, 1.165) is 11.1 Å². The molecule has 0 atom stereocenters. The average Bonchev–Trinajstić information content (AvgIpc) is 2.89. The van der Waals surface area contributed by atoms with Gasteiger partial charge in [0.15, 0.2) is 15.4 Å². The van der Waals surface area contributed by atoms with Crippen molar-refractivity contribution >= 4 is 27.0 Å². The molecule has 5 heteroatoms. The van der Waals surface area contributed by atoms with Gasteiger partial charge in [0.1, 0.15) is 5.52 Å². The first-order valence-corrected chi connectivity index (χ1v) is 8.20. The molecule has 3 rings (SSSR count). The highest BCUT2D eigenvalue weighted by Crippen LogP contribution is 2.26. The summed E-state index contributed by atoms with van der Waals surface area (Å²) in [5.41, 5.74) is 2.93. The van der Waals surface area contributed by atoms with Crippen LogP contribution in [0.15, 0.2) is 58.4 Å². The first kappa shape index (κ1) is 13.6. The summed E-state index contributed by atoms with van der Waals surface area (Å²) in [4.78, 5) is 4.59. The Hall–Kier alpha value is -2.40. The Kier molecular flexibility index (Phi) is 3.14. The summed E-state index contributed by atoms with van der Waals surface area (Å²) < 4.78 is 28.8. The number of sulfone groups is 1. The van der Waals surface area contributed by atoms with Gasteiger partial charge in [-0.05, 0) is 35.9 Å². The van der Waals surface area contributed by atoms with Gasteiger partial charge in [-0.15, -0.1) is 0 Å². The molecule has 0 aliphatic heterocycles. The third-order valence-corrected chi connectivity index (χ3v) is 4.29. The highest BCUT2D eigenvalue weighted by molar-refractivity contribution is 7.90. The lowest BCUT2D eigenvalue weighted by Crippen LogP contribution is -1.95. The van der Waals surface area contributed by atoms with Crippen LogP contribution in [-0.4, -0.2) is 19.7 Å². The fourth-order valence-corrected chi connectivity index (χ4v) is 2.66. The van der Waals surface area contributed by atoms with E-state index in [1.54, 1.807) is 12.1 Å². The van der Waals surface area contributed by atoms with Crippen molar-refractivity contribution in [3.63, 3.8) is 0 Å². The third-order valence-electron chi connectivity index (χ3n) is 3.18. The summed E-state index contributed by atoms with van der Waals surface area (Å²) in [7, 11) is -3.25. The number of rotatable bonds is 3. The standard InChI is InChI=1S/C16H13NO3S/c1-3-11-4-6-12(7-5-11)16-17-14-10-13(21(2,18)19)8-9-15(14)20-16/h3-10H,1H2,2H3. The van der Waals surface area contributed by atoms with E-state index in [4.69, 9.17) is 4.42 Å². The Labute approximate surface area is 122 Å². The van der Waals surface area contributed by atoms with E-state index in [2.05, 4.69) is 11.6 Å². The van der Waals surface area contributed by atoms with E-state index in [1.807, 2.05) is 24.3 Å². The van der Waals surface area contributed by atoms with Gasteiger partial charge < -0.3 is 4.42 Å². The first-order valence-electron chi connectivity index (χ1n) is 6.31. The molecule has 0 N–H and O–H groups in total. The Bertz CT molecular complexity index is 922. The van der Waals surface area contributed by atoms with Crippen LogP contribution in [0.4, 0.5) is 0 Å². The lowest BCUT2D eigenvalue weighted by molar-refractivity contribution is 0.602. The van der Waals surface area contributed by atoms with Crippen LogP contribution in [0.2, 0.25) is 0 Å². The zero-order chi connectivity index (χ0) is 15.0. The van der Waals surface area contributed by atoms with Gasteiger partial charge in [-0.1, -0.05) is 24.8 Å². The minimum atomic E-state index is -3.25.